The van der Waals surface area contributed by atoms with Crippen LogP contribution in [0.1, 0.15) is 13.3 Å². The molecule has 1 fully saturated rings. The van der Waals surface area contributed by atoms with Gasteiger partial charge in [0.25, 0.3) is 5.91 Å². The highest BCUT2D eigenvalue weighted by Gasteiger charge is 2.39. The summed E-state index contributed by atoms with van der Waals surface area (Å²) in [7, 11) is 0. The van der Waals surface area contributed by atoms with Crippen LogP contribution < -0.4 is 19.7 Å². The van der Waals surface area contributed by atoms with Gasteiger partial charge >= 0.3 is 0 Å². The van der Waals surface area contributed by atoms with Crippen LogP contribution in [0.3, 0.4) is 0 Å². The molecule has 0 spiro atoms. The van der Waals surface area contributed by atoms with Crippen LogP contribution in [0, 0.1) is 0 Å². The zero-order valence-electron chi connectivity index (χ0n) is 16.6. The number of nitrogens with zero attached hydrogens (tertiary/aromatic N) is 1. The Morgan fingerprint density at radius 2 is 1.50 bits per heavy atom. The summed E-state index contributed by atoms with van der Waals surface area (Å²) >= 11 is 0. The first-order chi connectivity index (χ1) is 14.6. The summed E-state index contributed by atoms with van der Waals surface area (Å²) in [4.78, 5) is 26.6. The van der Waals surface area contributed by atoms with Gasteiger partial charge in [-0.1, -0.05) is 18.2 Å². The summed E-state index contributed by atoms with van der Waals surface area (Å²) in [5, 5.41) is 3.14. The van der Waals surface area contributed by atoms with E-state index in [1.807, 2.05) is 61.5 Å². The van der Waals surface area contributed by atoms with Crippen molar-refractivity contribution >= 4 is 23.2 Å². The number of rotatable bonds is 7. The van der Waals surface area contributed by atoms with Crippen molar-refractivity contribution in [3.8, 4) is 17.2 Å². The summed E-state index contributed by atoms with van der Waals surface area (Å²) in [5.41, 5.74) is 1.29. The normalized spacial score (nSPS) is 15.9. The van der Waals surface area contributed by atoms with E-state index >= 15 is 0 Å². The minimum absolute atomic E-state index is 0.105. The molecule has 1 saturated heterocycles. The van der Waals surface area contributed by atoms with Gasteiger partial charge in [0, 0.05) is 5.69 Å². The number of carbonyl (C=O) groups excluding carboxylic acids is 2. The third kappa shape index (κ3) is 4.27. The molecular weight excluding hydrogens is 380 g/mol. The number of para-hydroxylation sites is 1. The summed E-state index contributed by atoms with van der Waals surface area (Å²) in [6.45, 7) is 2.51. The molecule has 0 radical (unpaired) electrons. The van der Waals surface area contributed by atoms with Crippen molar-refractivity contribution in [1.82, 2.24) is 0 Å². The van der Waals surface area contributed by atoms with Crippen LogP contribution >= 0.6 is 0 Å². The quantitative estimate of drug-likeness (QED) is 0.584. The van der Waals surface area contributed by atoms with E-state index in [2.05, 4.69) is 5.32 Å². The van der Waals surface area contributed by atoms with E-state index in [0.717, 1.165) is 17.2 Å². The van der Waals surface area contributed by atoms with E-state index in [-0.39, 0.29) is 18.2 Å². The molecule has 1 aliphatic heterocycles. The van der Waals surface area contributed by atoms with Gasteiger partial charge in [-0.15, -0.1) is 0 Å². The number of ether oxygens (including phenoxy) is 2. The molecule has 0 unspecified atom stereocenters. The molecule has 0 saturated carbocycles. The van der Waals surface area contributed by atoms with Crippen LogP contribution in [0.5, 0.6) is 17.2 Å². The molecule has 1 N–H and O–H groups in total. The van der Waals surface area contributed by atoms with Gasteiger partial charge in [-0.05, 0) is 67.6 Å². The third-order valence-electron chi connectivity index (χ3n) is 4.73. The molecule has 1 aliphatic rings. The molecule has 0 aliphatic carbocycles. The predicted molar refractivity (Wildman–Crippen MR) is 115 cm³/mol. The van der Waals surface area contributed by atoms with Gasteiger partial charge in [0.2, 0.25) is 5.91 Å². The molecule has 3 aromatic carbocycles. The van der Waals surface area contributed by atoms with Crippen LogP contribution in [0.2, 0.25) is 0 Å². The van der Waals surface area contributed by atoms with Crippen molar-refractivity contribution in [3.05, 3.63) is 78.9 Å². The van der Waals surface area contributed by atoms with Gasteiger partial charge in [-0.3, -0.25) is 9.59 Å². The lowest BCUT2D eigenvalue weighted by Crippen LogP contribution is -2.34. The SMILES string of the molecule is CCOc1ccc(N[C@@H]2CC(=O)N(c3ccc(Oc4ccccc4)cc3)C2=O)cc1. The minimum atomic E-state index is -0.601. The van der Waals surface area contributed by atoms with E-state index < -0.39 is 6.04 Å². The molecule has 1 heterocycles. The summed E-state index contributed by atoms with van der Waals surface area (Å²) < 4.78 is 11.2. The molecular formula is C24H22N2O4. The first-order valence-electron chi connectivity index (χ1n) is 9.83. The van der Waals surface area contributed by atoms with E-state index in [4.69, 9.17) is 9.47 Å². The van der Waals surface area contributed by atoms with E-state index in [9.17, 15) is 9.59 Å². The van der Waals surface area contributed by atoms with E-state index in [1.165, 1.54) is 4.90 Å². The summed E-state index contributed by atoms with van der Waals surface area (Å²) in [6, 6.07) is 23.1. The smallest absolute Gasteiger partial charge is 0.256 e. The van der Waals surface area contributed by atoms with Crippen molar-refractivity contribution < 1.29 is 19.1 Å². The number of nitrogens with one attached hydrogen (secondary N) is 1. The Bertz CT molecular complexity index is 1020. The molecule has 6 heteroatoms. The highest BCUT2D eigenvalue weighted by Crippen LogP contribution is 2.29. The van der Waals surface area contributed by atoms with E-state index in [1.54, 1.807) is 24.3 Å². The second-order valence-electron chi connectivity index (χ2n) is 6.83. The average molecular weight is 402 g/mol. The average Bonchev–Trinajstić information content (AvgIpc) is 3.04. The lowest BCUT2D eigenvalue weighted by Gasteiger charge is -2.17. The molecule has 2 amide bonds. The Labute approximate surface area is 175 Å². The number of carbonyl (C=O) groups is 2. The van der Waals surface area contributed by atoms with Gasteiger partial charge in [0.05, 0.1) is 18.7 Å². The number of benzene rings is 3. The number of hydrogen-bond acceptors (Lipinski definition) is 5. The number of amides is 2. The minimum Gasteiger partial charge on any atom is -0.494 e. The fourth-order valence-corrected chi connectivity index (χ4v) is 3.32. The molecule has 30 heavy (non-hydrogen) atoms. The number of hydrogen-bond donors (Lipinski definition) is 1. The third-order valence-corrected chi connectivity index (χ3v) is 4.73. The zero-order valence-corrected chi connectivity index (χ0v) is 16.6. The fraction of sp³-hybridized carbons (Fsp3) is 0.167. The Morgan fingerprint density at radius 3 is 2.17 bits per heavy atom. The topological polar surface area (TPSA) is 67.9 Å². The molecule has 3 aromatic rings. The Kier molecular flexibility index (Phi) is 5.66. The van der Waals surface area contributed by atoms with Gasteiger partial charge in [0.15, 0.2) is 0 Å². The van der Waals surface area contributed by atoms with Crippen LogP contribution in [0.4, 0.5) is 11.4 Å². The monoisotopic (exact) mass is 402 g/mol. The predicted octanol–water partition coefficient (Wildman–Crippen LogP) is 4.62. The van der Waals surface area contributed by atoms with Gasteiger partial charge in [-0.25, -0.2) is 4.90 Å². The van der Waals surface area contributed by atoms with Crippen LogP contribution in [-0.2, 0) is 9.59 Å². The Balaban J connectivity index is 1.43. The first kappa shape index (κ1) is 19.5. The van der Waals surface area contributed by atoms with E-state index in [0.29, 0.717) is 18.0 Å². The maximum absolute atomic E-state index is 12.9. The zero-order chi connectivity index (χ0) is 20.9. The molecule has 4 rings (SSSR count). The van der Waals surface area contributed by atoms with Crippen molar-refractivity contribution in [2.24, 2.45) is 0 Å². The summed E-state index contributed by atoms with van der Waals surface area (Å²) in [5.74, 6) is 1.60. The lowest BCUT2D eigenvalue weighted by molar-refractivity contribution is -0.121. The highest BCUT2D eigenvalue weighted by atomic mass is 16.5. The van der Waals surface area contributed by atoms with Crippen molar-refractivity contribution in [1.29, 1.82) is 0 Å². The fourth-order valence-electron chi connectivity index (χ4n) is 3.32. The van der Waals surface area contributed by atoms with Crippen LogP contribution in [-0.4, -0.2) is 24.5 Å². The largest absolute Gasteiger partial charge is 0.494 e. The second kappa shape index (κ2) is 8.69. The second-order valence-corrected chi connectivity index (χ2v) is 6.83. The maximum Gasteiger partial charge on any atom is 0.256 e. The van der Waals surface area contributed by atoms with Gasteiger partial charge in [-0.2, -0.15) is 0 Å². The van der Waals surface area contributed by atoms with Crippen LogP contribution in [0.15, 0.2) is 78.9 Å². The number of imide groups is 1. The Morgan fingerprint density at radius 1 is 0.867 bits per heavy atom. The molecule has 0 bridgehead atoms. The summed E-state index contributed by atoms with van der Waals surface area (Å²) in [6.07, 6.45) is 0.105. The lowest BCUT2D eigenvalue weighted by atomic mass is 10.2. The van der Waals surface area contributed by atoms with Crippen molar-refractivity contribution in [2.75, 3.05) is 16.8 Å². The first-order valence-corrected chi connectivity index (χ1v) is 9.83. The maximum atomic E-state index is 12.9. The molecule has 1 atom stereocenters. The molecule has 6 nitrogen and oxygen atoms in total. The number of anilines is 2. The van der Waals surface area contributed by atoms with Gasteiger partial charge in [0.1, 0.15) is 23.3 Å². The Hall–Kier alpha value is -3.80. The standard InChI is InChI=1S/C24H22N2O4/c1-2-29-19-12-8-17(9-13-19)25-22-16-23(27)26(24(22)28)18-10-14-21(15-11-18)30-20-6-4-3-5-7-20/h3-15,22,25H,2,16H2,1H3/t22-/m1/s1. The highest BCUT2D eigenvalue weighted by molar-refractivity contribution is 6.23. The molecule has 0 aromatic heterocycles. The van der Waals surface area contributed by atoms with Crippen molar-refractivity contribution in [2.45, 2.75) is 19.4 Å². The molecule has 152 valence electrons. The van der Waals surface area contributed by atoms with Crippen molar-refractivity contribution in [3.63, 3.8) is 0 Å². The van der Waals surface area contributed by atoms with Crippen LogP contribution in [0.25, 0.3) is 0 Å². The van der Waals surface area contributed by atoms with Gasteiger partial charge < -0.3 is 14.8 Å².